The molecular weight excluding hydrogens is 494 g/mol. The van der Waals surface area contributed by atoms with Gasteiger partial charge in [0, 0.05) is 17.1 Å². The molecule has 0 unspecified atom stereocenters. The van der Waals surface area contributed by atoms with Gasteiger partial charge in [0.2, 0.25) is 5.91 Å². The van der Waals surface area contributed by atoms with Crippen molar-refractivity contribution in [2.45, 2.75) is 32.7 Å². The molecule has 1 aliphatic heterocycles. The van der Waals surface area contributed by atoms with Crippen LogP contribution in [0.15, 0.2) is 66.0 Å². The van der Waals surface area contributed by atoms with Gasteiger partial charge in [-0.05, 0) is 85.9 Å². The van der Waals surface area contributed by atoms with Crippen LogP contribution < -0.4 is 10.2 Å². The first kappa shape index (κ1) is 25.5. The number of para-hydroxylation sites is 1. The molecule has 1 fully saturated rings. The molecule has 0 radical (unpaired) electrons. The maximum Gasteiger partial charge on any atom is 0.338 e. The third kappa shape index (κ3) is 5.63. The Morgan fingerprint density at radius 3 is 2.44 bits per heavy atom. The lowest BCUT2D eigenvalue weighted by atomic mass is 10.1. The molecule has 2 aromatic carbocycles. The molecule has 0 aliphatic carbocycles. The Bertz CT molecular complexity index is 1260. The van der Waals surface area contributed by atoms with Crippen molar-refractivity contribution in [3.8, 4) is 0 Å². The normalized spacial score (nSPS) is 15.3. The number of thiophene rings is 1. The fraction of sp³-hybridized carbons (Fsp3) is 0.259. The number of nitrogens with one attached hydrogen (secondary N) is 1. The molecule has 1 N–H and O–H groups in total. The Labute approximate surface area is 219 Å². The second kappa shape index (κ2) is 11.5. The van der Waals surface area contributed by atoms with Crippen LogP contribution in [0.25, 0.3) is 0 Å². The van der Waals surface area contributed by atoms with Gasteiger partial charge in [-0.25, -0.2) is 4.79 Å². The van der Waals surface area contributed by atoms with Gasteiger partial charge in [0.05, 0.1) is 24.3 Å². The molecule has 7 nitrogen and oxygen atoms in total. The predicted octanol–water partition coefficient (Wildman–Crippen LogP) is 4.81. The molecule has 1 aromatic heterocycles. The van der Waals surface area contributed by atoms with Gasteiger partial charge in [-0.2, -0.15) is 0 Å². The summed E-state index contributed by atoms with van der Waals surface area (Å²) in [5.41, 5.74) is 2.80. The number of aryl methyl sites for hydroxylation is 1. The summed E-state index contributed by atoms with van der Waals surface area (Å²) in [4.78, 5) is 43.0. The van der Waals surface area contributed by atoms with E-state index in [-0.39, 0.29) is 24.8 Å². The summed E-state index contributed by atoms with van der Waals surface area (Å²) in [6.45, 7) is 4.59. The Morgan fingerprint density at radius 1 is 1.08 bits per heavy atom. The van der Waals surface area contributed by atoms with Gasteiger partial charge in [-0.3, -0.25) is 14.5 Å². The lowest BCUT2D eigenvalue weighted by Crippen LogP contribution is -2.39. The second-order valence-corrected chi connectivity index (χ2v) is 9.69. The van der Waals surface area contributed by atoms with E-state index in [1.165, 1.54) is 15.3 Å². The third-order valence-electron chi connectivity index (χ3n) is 5.94. The van der Waals surface area contributed by atoms with Crippen molar-refractivity contribution in [2.75, 3.05) is 23.4 Å². The van der Waals surface area contributed by atoms with E-state index in [0.29, 0.717) is 35.0 Å². The van der Waals surface area contributed by atoms with Crippen LogP contribution in [-0.4, -0.2) is 47.0 Å². The van der Waals surface area contributed by atoms with Crippen LogP contribution in [0, 0.1) is 6.92 Å². The average molecular weight is 522 g/mol. The zero-order chi connectivity index (χ0) is 25.7. The number of nitrogens with zero attached hydrogens (tertiary/aromatic N) is 2. The largest absolute Gasteiger partial charge is 0.462 e. The molecule has 4 rings (SSSR count). The first-order valence-electron chi connectivity index (χ1n) is 11.7. The predicted molar refractivity (Wildman–Crippen MR) is 145 cm³/mol. The summed E-state index contributed by atoms with van der Waals surface area (Å²) in [5, 5.41) is 5.25. The molecule has 1 atom stereocenters. The summed E-state index contributed by atoms with van der Waals surface area (Å²) in [5.74, 6) is -0.961. The maximum atomic E-state index is 13.6. The number of hydrogen-bond donors (Lipinski definition) is 1. The van der Waals surface area contributed by atoms with E-state index < -0.39 is 12.0 Å². The smallest absolute Gasteiger partial charge is 0.338 e. The molecule has 3 aromatic rings. The standard InChI is InChI=1S/C27H27N3O4S2/c1-3-34-26(33)19-9-11-21(12-10-19)30-25(32)22(17-24(31)28-20-7-5-4-6-8-20)29(27(30)35)15-13-23-18(2)14-16-36-23/h4-12,14,16,22H,3,13,15,17H2,1-2H3,(H,28,31)/t22-/m1/s1. The van der Waals surface area contributed by atoms with Gasteiger partial charge in [0.15, 0.2) is 5.11 Å². The Balaban J connectivity index is 1.56. The quantitative estimate of drug-likeness (QED) is 0.322. The molecule has 0 spiro atoms. The fourth-order valence-electron chi connectivity index (χ4n) is 4.08. The summed E-state index contributed by atoms with van der Waals surface area (Å²) in [6.07, 6.45) is 0.679. The van der Waals surface area contributed by atoms with Crippen LogP contribution in [0.5, 0.6) is 0 Å². The molecule has 0 saturated carbocycles. The number of hydrogen-bond acceptors (Lipinski definition) is 6. The third-order valence-corrected chi connectivity index (χ3v) is 7.44. The van der Waals surface area contributed by atoms with Crippen molar-refractivity contribution in [3.05, 3.63) is 82.0 Å². The zero-order valence-electron chi connectivity index (χ0n) is 20.1. The number of carbonyl (C=O) groups is 3. The zero-order valence-corrected chi connectivity index (χ0v) is 21.7. The van der Waals surface area contributed by atoms with Crippen LogP contribution >= 0.6 is 23.6 Å². The number of rotatable bonds is 9. The van der Waals surface area contributed by atoms with Crippen LogP contribution in [0.2, 0.25) is 0 Å². The van der Waals surface area contributed by atoms with Crippen molar-refractivity contribution in [1.29, 1.82) is 0 Å². The molecule has 2 heterocycles. The van der Waals surface area contributed by atoms with Gasteiger partial charge in [-0.1, -0.05) is 18.2 Å². The Hall–Kier alpha value is -3.56. The van der Waals surface area contributed by atoms with E-state index in [1.54, 1.807) is 54.7 Å². The monoisotopic (exact) mass is 521 g/mol. The highest BCUT2D eigenvalue weighted by molar-refractivity contribution is 7.80. The lowest BCUT2D eigenvalue weighted by Gasteiger charge is -2.24. The second-order valence-electron chi connectivity index (χ2n) is 8.33. The minimum Gasteiger partial charge on any atom is -0.462 e. The Morgan fingerprint density at radius 2 is 1.81 bits per heavy atom. The molecule has 1 aliphatic rings. The number of anilines is 2. The summed E-state index contributed by atoms with van der Waals surface area (Å²) < 4.78 is 5.04. The number of thiocarbonyl (C=S) groups is 1. The van der Waals surface area contributed by atoms with Crippen LogP contribution in [0.3, 0.4) is 0 Å². The summed E-state index contributed by atoms with van der Waals surface area (Å²) >= 11 is 7.41. The van der Waals surface area contributed by atoms with E-state index in [9.17, 15) is 14.4 Å². The number of amides is 2. The molecule has 186 valence electrons. The van der Waals surface area contributed by atoms with Gasteiger partial charge >= 0.3 is 5.97 Å². The van der Waals surface area contributed by atoms with Crippen molar-refractivity contribution in [1.82, 2.24) is 4.90 Å². The molecule has 2 amide bonds. The first-order chi connectivity index (χ1) is 17.4. The first-order valence-corrected chi connectivity index (χ1v) is 13.0. The number of ether oxygens (including phenoxy) is 1. The topological polar surface area (TPSA) is 78.9 Å². The van der Waals surface area contributed by atoms with E-state index >= 15 is 0 Å². The lowest BCUT2D eigenvalue weighted by molar-refractivity contribution is -0.124. The van der Waals surface area contributed by atoms with Gasteiger partial charge < -0.3 is 15.0 Å². The average Bonchev–Trinajstić information content (AvgIpc) is 3.38. The summed E-state index contributed by atoms with van der Waals surface area (Å²) in [6, 6.07) is 17.0. The molecule has 9 heteroatoms. The number of carbonyl (C=O) groups excluding carboxylic acids is 3. The highest BCUT2D eigenvalue weighted by atomic mass is 32.1. The van der Waals surface area contributed by atoms with Crippen molar-refractivity contribution in [3.63, 3.8) is 0 Å². The molecule has 0 bridgehead atoms. The van der Waals surface area contributed by atoms with Crippen LogP contribution in [-0.2, 0) is 20.7 Å². The number of esters is 1. The van der Waals surface area contributed by atoms with Crippen LogP contribution in [0.1, 0.15) is 34.1 Å². The van der Waals surface area contributed by atoms with Crippen molar-refractivity contribution < 1.29 is 19.1 Å². The van der Waals surface area contributed by atoms with E-state index in [0.717, 1.165) is 0 Å². The molecule has 36 heavy (non-hydrogen) atoms. The van der Waals surface area contributed by atoms with E-state index in [1.807, 2.05) is 28.5 Å². The molecular formula is C27H27N3O4S2. The summed E-state index contributed by atoms with van der Waals surface area (Å²) in [7, 11) is 0. The highest BCUT2D eigenvalue weighted by Gasteiger charge is 2.44. The van der Waals surface area contributed by atoms with Gasteiger partial charge in [0.1, 0.15) is 6.04 Å². The van der Waals surface area contributed by atoms with Gasteiger partial charge in [0.25, 0.3) is 5.91 Å². The van der Waals surface area contributed by atoms with Crippen molar-refractivity contribution >= 4 is 57.8 Å². The maximum absolute atomic E-state index is 13.6. The van der Waals surface area contributed by atoms with E-state index in [2.05, 4.69) is 18.3 Å². The van der Waals surface area contributed by atoms with Gasteiger partial charge in [-0.15, -0.1) is 11.3 Å². The molecule has 1 saturated heterocycles. The van der Waals surface area contributed by atoms with Crippen molar-refractivity contribution in [2.24, 2.45) is 0 Å². The minimum atomic E-state index is -0.730. The fourth-order valence-corrected chi connectivity index (χ4v) is 5.39. The van der Waals surface area contributed by atoms with E-state index in [4.69, 9.17) is 17.0 Å². The SMILES string of the molecule is CCOC(=O)c1ccc(N2C(=O)[C@@H](CC(=O)Nc3ccccc3)N(CCc3sccc3C)C2=S)cc1. The minimum absolute atomic E-state index is 0.0330. The Kier molecular flexibility index (Phi) is 8.12. The highest BCUT2D eigenvalue weighted by Crippen LogP contribution is 2.29. The number of benzene rings is 2. The van der Waals surface area contributed by atoms with Crippen LogP contribution in [0.4, 0.5) is 11.4 Å².